The van der Waals surface area contributed by atoms with Crippen LogP contribution < -0.4 is 5.73 Å². The third-order valence-electron chi connectivity index (χ3n) is 2.87. The van der Waals surface area contributed by atoms with Crippen molar-refractivity contribution in [3.05, 3.63) is 42.1 Å². The van der Waals surface area contributed by atoms with Crippen molar-refractivity contribution in [1.82, 2.24) is 4.98 Å². The SMILES string of the molecule is COC(C)C(N)c1cnc2ccccc2c1. The molecule has 0 aliphatic carbocycles. The van der Waals surface area contributed by atoms with Crippen molar-refractivity contribution < 1.29 is 4.74 Å². The number of para-hydroxylation sites is 1. The fraction of sp³-hybridized carbons (Fsp3) is 0.308. The average Bonchev–Trinajstić information content (AvgIpc) is 2.36. The average molecular weight is 216 g/mol. The quantitative estimate of drug-likeness (QED) is 0.856. The second-order valence-electron chi connectivity index (χ2n) is 3.93. The Morgan fingerprint density at radius 2 is 2.06 bits per heavy atom. The van der Waals surface area contributed by atoms with Gasteiger partial charge in [-0.05, 0) is 24.6 Å². The van der Waals surface area contributed by atoms with Crippen LogP contribution in [0.1, 0.15) is 18.5 Å². The molecular formula is C13H16N2O. The number of hydrogen-bond donors (Lipinski definition) is 1. The van der Waals surface area contributed by atoms with Crippen molar-refractivity contribution in [2.45, 2.75) is 19.1 Å². The standard InChI is InChI=1S/C13H16N2O/c1-9(16-2)13(14)11-7-10-5-3-4-6-12(10)15-8-11/h3-9,13H,14H2,1-2H3. The van der Waals surface area contributed by atoms with Crippen molar-refractivity contribution in [2.75, 3.05) is 7.11 Å². The molecule has 0 amide bonds. The Balaban J connectivity index is 2.39. The van der Waals surface area contributed by atoms with Crippen molar-refractivity contribution in [1.29, 1.82) is 0 Å². The Morgan fingerprint density at radius 3 is 2.81 bits per heavy atom. The molecule has 16 heavy (non-hydrogen) atoms. The normalized spacial score (nSPS) is 14.9. The van der Waals surface area contributed by atoms with Crippen LogP contribution >= 0.6 is 0 Å². The topological polar surface area (TPSA) is 48.1 Å². The van der Waals surface area contributed by atoms with E-state index in [1.165, 1.54) is 0 Å². The Hall–Kier alpha value is -1.45. The van der Waals surface area contributed by atoms with E-state index in [1.54, 1.807) is 7.11 Å². The van der Waals surface area contributed by atoms with Crippen molar-refractivity contribution in [3.8, 4) is 0 Å². The van der Waals surface area contributed by atoms with Crippen molar-refractivity contribution >= 4 is 10.9 Å². The third kappa shape index (κ3) is 2.05. The summed E-state index contributed by atoms with van der Waals surface area (Å²) in [5, 5.41) is 1.11. The molecule has 2 N–H and O–H groups in total. The van der Waals surface area contributed by atoms with E-state index in [4.69, 9.17) is 10.5 Å². The van der Waals surface area contributed by atoms with Gasteiger partial charge in [0.15, 0.2) is 0 Å². The van der Waals surface area contributed by atoms with Crippen LogP contribution in [0.4, 0.5) is 0 Å². The number of ether oxygens (including phenoxy) is 1. The molecule has 0 bridgehead atoms. The minimum atomic E-state index is -0.137. The molecule has 0 saturated carbocycles. The zero-order chi connectivity index (χ0) is 11.5. The molecule has 2 aromatic rings. The molecule has 2 atom stereocenters. The maximum atomic E-state index is 6.08. The van der Waals surface area contributed by atoms with E-state index in [0.29, 0.717) is 0 Å². The Morgan fingerprint density at radius 1 is 1.31 bits per heavy atom. The second kappa shape index (κ2) is 4.60. The maximum Gasteiger partial charge on any atom is 0.0736 e. The van der Waals surface area contributed by atoms with E-state index < -0.39 is 0 Å². The lowest BCUT2D eigenvalue weighted by molar-refractivity contribution is 0.0956. The summed E-state index contributed by atoms with van der Waals surface area (Å²) in [5.41, 5.74) is 8.07. The lowest BCUT2D eigenvalue weighted by atomic mass is 10.0. The van der Waals surface area contributed by atoms with Crippen LogP contribution in [0.25, 0.3) is 10.9 Å². The minimum absolute atomic E-state index is 0.0111. The predicted molar refractivity (Wildman–Crippen MR) is 65.1 cm³/mol. The first kappa shape index (κ1) is 11.0. The summed E-state index contributed by atoms with van der Waals surface area (Å²) in [5.74, 6) is 0. The molecule has 0 saturated heterocycles. The molecule has 1 heterocycles. The summed E-state index contributed by atoms with van der Waals surface area (Å²) in [6.07, 6.45) is 1.81. The minimum Gasteiger partial charge on any atom is -0.380 e. The zero-order valence-corrected chi connectivity index (χ0v) is 9.55. The first-order valence-electron chi connectivity index (χ1n) is 5.35. The molecule has 3 nitrogen and oxygen atoms in total. The monoisotopic (exact) mass is 216 g/mol. The highest BCUT2D eigenvalue weighted by molar-refractivity contribution is 5.78. The molecule has 1 aromatic carbocycles. The highest BCUT2D eigenvalue weighted by atomic mass is 16.5. The Labute approximate surface area is 95.2 Å². The summed E-state index contributed by atoms with van der Waals surface area (Å²) >= 11 is 0. The van der Waals surface area contributed by atoms with Crippen molar-refractivity contribution in [2.24, 2.45) is 5.73 Å². The zero-order valence-electron chi connectivity index (χ0n) is 9.55. The van der Waals surface area contributed by atoms with Crippen LogP contribution in [-0.2, 0) is 4.74 Å². The van der Waals surface area contributed by atoms with Gasteiger partial charge in [-0.1, -0.05) is 18.2 Å². The van der Waals surface area contributed by atoms with Gasteiger partial charge in [0.25, 0.3) is 0 Å². The molecule has 0 fully saturated rings. The van der Waals surface area contributed by atoms with Gasteiger partial charge < -0.3 is 10.5 Å². The van der Waals surface area contributed by atoms with E-state index in [-0.39, 0.29) is 12.1 Å². The van der Waals surface area contributed by atoms with Gasteiger partial charge in [-0.3, -0.25) is 4.98 Å². The lowest BCUT2D eigenvalue weighted by Crippen LogP contribution is -2.25. The van der Waals surface area contributed by atoms with Crippen LogP contribution in [-0.4, -0.2) is 18.2 Å². The molecule has 1 aromatic heterocycles. The number of nitrogens with zero attached hydrogens (tertiary/aromatic N) is 1. The van der Waals surface area contributed by atoms with Crippen molar-refractivity contribution in [3.63, 3.8) is 0 Å². The number of aromatic nitrogens is 1. The Bertz CT molecular complexity index is 484. The molecule has 0 aliphatic heterocycles. The number of fused-ring (bicyclic) bond motifs is 1. The summed E-state index contributed by atoms with van der Waals surface area (Å²) in [7, 11) is 1.67. The highest BCUT2D eigenvalue weighted by Gasteiger charge is 2.14. The molecule has 0 spiro atoms. The second-order valence-corrected chi connectivity index (χ2v) is 3.93. The van der Waals surface area contributed by atoms with Gasteiger partial charge in [0, 0.05) is 18.7 Å². The molecule has 2 unspecified atom stereocenters. The number of rotatable bonds is 3. The van der Waals surface area contributed by atoms with E-state index >= 15 is 0 Å². The van der Waals surface area contributed by atoms with Gasteiger partial charge in [0.2, 0.25) is 0 Å². The molecule has 84 valence electrons. The van der Waals surface area contributed by atoms with Gasteiger partial charge in [0.1, 0.15) is 0 Å². The van der Waals surface area contributed by atoms with Crippen LogP contribution in [0.5, 0.6) is 0 Å². The van der Waals surface area contributed by atoms with Crippen LogP contribution in [0.15, 0.2) is 36.5 Å². The van der Waals surface area contributed by atoms with Gasteiger partial charge in [-0.25, -0.2) is 0 Å². The van der Waals surface area contributed by atoms with Crippen LogP contribution in [0.3, 0.4) is 0 Å². The van der Waals surface area contributed by atoms with Crippen LogP contribution in [0.2, 0.25) is 0 Å². The molecular weight excluding hydrogens is 200 g/mol. The first-order valence-corrected chi connectivity index (χ1v) is 5.35. The molecule has 0 radical (unpaired) electrons. The number of nitrogens with two attached hydrogens (primary N) is 1. The van der Waals surface area contributed by atoms with E-state index in [2.05, 4.69) is 11.1 Å². The molecule has 2 rings (SSSR count). The summed E-state index contributed by atoms with van der Waals surface area (Å²) in [6, 6.07) is 9.94. The highest BCUT2D eigenvalue weighted by Crippen LogP contribution is 2.19. The molecule has 3 heteroatoms. The summed E-state index contributed by atoms with van der Waals surface area (Å²) in [4.78, 5) is 4.38. The number of hydrogen-bond acceptors (Lipinski definition) is 3. The van der Waals surface area contributed by atoms with Gasteiger partial charge >= 0.3 is 0 Å². The third-order valence-corrected chi connectivity index (χ3v) is 2.87. The largest absolute Gasteiger partial charge is 0.380 e. The number of methoxy groups -OCH3 is 1. The van der Waals surface area contributed by atoms with E-state index in [1.807, 2.05) is 37.4 Å². The Kier molecular flexibility index (Phi) is 3.17. The van der Waals surface area contributed by atoms with E-state index in [9.17, 15) is 0 Å². The first-order chi connectivity index (χ1) is 7.72. The maximum absolute atomic E-state index is 6.08. The fourth-order valence-electron chi connectivity index (χ4n) is 1.69. The van der Waals surface area contributed by atoms with Gasteiger partial charge in [-0.2, -0.15) is 0 Å². The lowest BCUT2D eigenvalue weighted by Gasteiger charge is -2.18. The number of pyridine rings is 1. The summed E-state index contributed by atoms with van der Waals surface area (Å²) < 4.78 is 5.23. The van der Waals surface area contributed by atoms with Gasteiger partial charge in [0.05, 0.1) is 17.7 Å². The summed E-state index contributed by atoms with van der Waals surface area (Å²) in [6.45, 7) is 1.96. The van der Waals surface area contributed by atoms with Gasteiger partial charge in [-0.15, -0.1) is 0 Å². The smallest absolute Gasteiger partial charge is 0.0736 e. The van der Waals surface area contributed by atoms with Crippen LogP contribution in [0, 0.1) is 0 Å². The predicted octanol–water partition coefficient (Wildman–Crippen LogP) is 2.27. The van der Waals surface area contributed by atoms with E-state index in [0.717, 1.165) is 16.5 Å². The molecule has 0 aliphatic rings. The fourth-order valence-corrected chi connectivity index (χ4v) is 1.69. The number of benzene rings is 1.